The van der Waals surface area contributed by atoms with Crippen LogP contribution < -0.4 is 16.1 Å². The summed E-state index contributed by atoms with van der Waals surface area (Å²) in [6.45, 7) is 17.3. The molecule has 3 fully saturated rings. The molecule has 3 amide bonds. The summed E-state index contributed by atoms with van der Waals surface area (Å²) in [6.07, 6.45) is 6.97. The number of fused-ring (bicyclic) bond motifs is 1. The van der Waals surface area contributed by atoms with Gasteiger partial charge in [-0.2, -0.15) is 0 Å². The van der Waals surface area contributed by atoms with Crippen LogP contribution in [0.4, 0.5) is 0 Å². The van der Waals surface area contributed by atoms with Crippen LogP contribution in [0.15, 0.2) is 36.4 Å². The van der Waals surface area contributed by atoms with E-state index in [1.807, 2.05) is 49.4 Å². The summed E-state index contributed by atoms with van der Waals surface area (Å²) < 4.78 is 7.01. The molecule has 1 saturated heterocycles. The first-order valence-electron chi connectivity index (χ1n) is 19.8. The number of pyridine rings is 1. The van der Waals surface area contributed by atoms with Crippen molar-refractivity contribution in [3.05, 3.63) is 47.7 Å². The second-order valence-corrected chi connectivity index (χ2v) is 22.2. The van der Waals surface area contributed by atoms with E-state index in [1.54, 1.807) is 6.92 Å². The molecule has 296 valence electrons. The van der Waals surface area contributed by atoms with Crippen molar-refractivity contribution in [3.8, 4) is 0 Å². The summed E-state index contributed by atoms with van der Waals surface area (Å²) in [5, 5.41) is 28.5. The van der Waals surface area contributed by atoms with Gasteiger partial charge in [0.2, 0.25) is 20.1 Å². The lowest BCUT2D eigenvalue weighted by atomic mass is 9.85. The average Bonchev–Trinajstić information content (AvgIpc) is 3.90. The SMILES string of the molecule is CC(C)[Si](OC1CCC(C=Cc2ccc3ccc([C@@H](C)NC(=O)[C@@H]4CCCN(C(=O)[C@H](C)NC(=O)[C@@H](O)C5CC5)N4)nc3c2)(C(=O)O)C1)(C(C)C)C(C)C. The van der Waals surface area contributed by atoms with Crippen molar-refractivity contribution in [3.63, 3.8) is 0 Å². The van der Waals surface area contributed by atoms with Crippen molar-refractivity contribution in [2.45, 2.75) is 147 Å². The number of hydrazine groups is 1. The van der Waals surface area contributed by atoms with Crippen molar-refractivity contribution in [2.24, 2.45) is 11.3 Å². The predicted molar refractivity (Wildman–Crippen MR) is 211 cm³/mol. The number of aromatic nitrogens is 1. The molecule has 13 heteroatoms. The van der Waals surface area contributed by atoms with Gasteiger partial charge in [-0.1, -0.05) is 71.9 Å². The van der Waals surface area contributed by atoms with Crippen LogP contribution >= 0.6 is 0 Å². The molecule has 1 aromatic heterocycles. The molecule has 5 N–H and O–H groups in total. The molecule has 1 aliphatic heterocycles. The molecular weight excluding hydrogens is 703 g/mol. The Bertz CT molecular complexity index is 1710. The Morgan fingerprint density at radius 2 is 1.63 bits per heavy atom. The molecule has 6 atom stereocenters. The number of nitrogens with zero attached hydrogens (tertiary/aromatic N) is 2. The maximum atomic E-state index is 13.4. The first-order chi connectivity index (χ1) is 25.5. The minimum atomic E-state index is -2.15. The Morgan fingerprint density at radius 1 is 0.963 bits per heavy atom. The van der Waals surface area contributed by atoms with Crippen LogP contribution in [0.3, 0.4) is 0 Å². The van der Waals surface area contributed by atoms with E-state index in [0.29, 0.717) is 54.5 Å². The number of carboxylic acid groups (broad SMARTS) is 1. The molecule has 0 radical (unpaired) electrons. The molecule has 0 bridgehead atoms. The van der Waals surface area contributed by atoms with Gasteiger partial charge in [-0.05, 0) is 99.0 Å². The topological polar surface area (TPSA) is 170 Å². The Morgan fingerprint density at radius 3 is 2.26 bits per heavy atom. The van der Waals surface area contributed by atoms with Gasteiger partial charge in [-0.25, -0.2) is 5.43 Å². The lowest BCUT2D eigenvalue weighted by Gasteiger charge is -2.44. The number of carbonyl (C=O) groups is 4. The van der Waals surface area contributed by atoms with Crippen LogP contribution in [0.2, 0.25) is 16.6 Å². The third-order valence-electron chi connectivity index (χ3n) is 12.0. The zero-order chi connectivity index (χ0) is 39.5. The maximum Gasteiger partial charge on any atom is 0.313 e. The number of hydrogen-bond donors (Lipinski definition) is 5. The number of carboxylic acids is 1. The van der Waals surface area contributed by atoms with Gasteiger partial charge in [-0.15, -0.1) is 0 Å². The Labute approximate surface area is 321 Å². The molecule has 54 heavy (non-hydrogen) atoms. The molecule has 12 nitrogen and oxygen atoms in total. The van der Waals surface area contributed by atoms with Gasteiger partial charge in [0.05, 0.1) is 22.7 Å². The highest BCUT2D eigenvalue weighted by molar-refractivity contribution is 6.77. The normalized spacial score (nSPS) is 24.0. The van der Waals surface area contributed by atoms with Crippen LogP contribution in [0.1, 0.15) is 118 Å². The van der Waals surface area contributed by atoms with Gasteiger partial charge in [0.25, 0.3) is 5.91 Å². The number of aliphatic hydroxyl groups is 1. The molecule has 2 heterocycles. The zero-order valence-corrected chi connectivity index (χ0v) is 34.2. The minimum absolute atomic E-state index is 0.0415. The van der Waals surface area contributed by atoms with Gasteiger partial charge in [0.1, 0.15) is 18.2 Å². The fourth-order valence-corrected chi connectivity index (χ4v) is 14.3. The van der Waals surface area contributed by atoms with E-state index in [0.717, 1.165) is 35.7 Å². The Kier molecular flexibility index (Phi) is 13.1. The minimum Gasteiger partial charge on any atom is -0.481 e. The van der Waals surface area contributed by atoms with Crippen molar-refractivity contribution >= 4 is 49.0 Å². The summed E-state index contributed by atoms with van der Waals surface area (Å²) in [5.41, 5.74) is 5.52. The van der Waals surface area contributed by atoms with Crippen LogP contribution in [0.5, 0.6) is 0 Å². The predicted octanol–water partition coefficient (Wildman–Crippen LogP) is 6.01. The van der Waals surface area contributed by atoms with E-state index >= 15 is 0 Å². The van der Waals surface area contributed by atoms with E-state index in [1.165, 1.54) is 5.01 Å². The third-order valence-corrected chi connectivity index (χ3v) is 18.1. The number of aliphatic hydroxyl groups excluding tert-OH is 1. The smallest absolute Gasteiger partial charge is 0.313 e. The molecule has 3 aliphatic rings. The standard InChI is InChI=1S/C41H61N5O7Si/c1-24(2)54(25(3)4,26(5)6)53-32-18-20-41(23-32,40(51)52)19-17-29-11-12-30-15-16-33(44-35(30)22-29)27(7)42-37(48)34-10-9-21-46(45-34)39(50)28(8)43-38(49)36(47)31-13-14-31/h11-12,15-17,19,22,24-28,31-32,34,36,45,47H,9-10,13-14,18,20-21,23H2,1-8H3,(H,42,48)(H,43,49)(H,51,52)/t27-,28+,32?,34+,36+,41?/m1/s1. The second-order valence-electron chi connectivity index (χ2n) is 16.8. The van der Waals surface area contributed by atoms with Crippen LogP contribution in [0, 0.1) is 11.3 Å². The molecule has 2 unspecified atom stereocenters. The third kappa shape index (κ3) is 9.06. The number of aliphatic carboxylic acids is 1. The quantitative estimate of drug-likeness (QED) is 0.136. The number of hydrogen-bond acceptors (Lipinski definition) is 8. The van der Waals surface area contributed by atoms with Crippen LogP contribution in [0.25, 0.3) is 17.0 Å². The summed E-state index contributed by atoms with van der Waals surface area (Å²) in [4.78, 5) is 56.4. The van der Waals surface area contributed by atoms with E-state index in [2.05, 4.69) is 57.6 Å². The monoisotopic (exact) mass is 763 g/mol. The van der Waals surface area contributed by atoms with Crippen LogP contribution in [-0.4, -0.2) is 83.1 Å². The van der Waals surface area contributed by atoms with Gasteiger partial charge in [0, 0.05) is 18.0 Å². The lowest BCUT2D eigenvalue weighted by molar-refractivity contribution is -0.146. The van der Waals surface area contributed by atoms with Gasteiger partial charge >= 0.3 is 5.97 Å². The summed E-state index contributed by atoms with van der Waals surface area (Å²) >= 11 is 0. The van der Waals surface area contributed by atoms with Crippen LogP contribution in [-0.2, 0) is 23.6 Å². The lowest BCUT2D eigenvalue weighted by Crippen LogP contribution is -2.61. The maximum absolute atomic E-state index is 13.4. The fourth-order valence-electron chi connectivity index (χ4n) is 8.74. The van der Waals surface area contributed by atoms with Crippen molar-refractivity contribution in [1.29, 1.82) is 0 Å². The summed E-state index contributed by atoms with van der Waals surface area (Å²) in [6, 6.07) is 7.75. The number of amides is 3. The van der Waals surface area contributed by atoms with E-state index in [-0.39, 0.29) is 23.8 Å². The molecule has 0 spiro atoms. The number of benzene rings is 1. The van der Waals surface area contributed by atoms with Gasteiger partial charge < -0.3 is 25.3 Å². The molecule has 1 aromatic carbocycles. The largest absolute Gasteiger partial charge is 0.481 e. The zero-order valence-electron chi connectivity index (χ0n) is 33.2. The molecule has 2 aliphatic carbocycles. The fraction of sp³-hybridized carbons (Fsp3) is 0.634. The summed E-state index contributed by atoms with van der Waals surface area (Å²) in [5.74, 6) is -2.07. The van der Waals surface area contributed by atoms with E-state index < -0.39 is 49.8 Å². The number of carbonyl (C=O) groups excluding carboxylic acids is 3. The Balaban J connectivity index is 1.22. The number of rotatable bonds is 15. The van der Waals surface area contributed by atoms with E-state index in [4.69, 9.17) is 9.41 Å². The highest BCUT2D eigenvalue weighted by Crippen LogP contribution is 2.48. The van der Waals surface area contributed by atoms with Crippen molar-refractivity contribution in [1.82, 2.24) is 26.1 Å². The van der Waals surface area contributed by atoms with Crippen molar-refractivity contribution in [2.75, 3.05) is 6.54 Å². The van der Waals surface area contributed by atoms with E-state index in [9.17, 15) is 29.4 Å². The molecule has 5 rings (SSSR count). The second kappa shape index (κ2) is 17.0. The number of nitrogens with one attached hydrogen (secondary N) is 3. The van der Waals surface area contributed by atoms with Gasteiger partial charge in [-0.3, -0.25) is 29.2 Å². The Hall–Kier alpha value is -3.65. The molecular formula is C41H61N5O7Si. The van der Waals surface area contributed by atoms with Crippen molar-refractivity contribution < 1.29 is 33.8 Å². The first kappa shape index (κ1) is 41.5. The van der Waals surface area contributed by atoms with Gasteiger partial charge in [0.15, 0.2) is 0 Å². The highest BCUT2D eigenvalue weighted by atomic mass is 28.4. The molecule has 2 aromatic rings. The first-order valence-corrected chi connectivity index (χ1v) is 22.0. The average molecular weight is 764 g/mol. The molecule has 2 saturated carbocycles. The summed E-state index contributed by atoms with van der Waals surface area (Å²) in [7, 11) is -2.15. The highest BCUT2D eigenvalue weighted by Gasteiger charge is 2.51.